The van der Waals surface area contributed by atoms with Crippen LogP contribution in [0.1, 0.15) is 72.6 Å². The highest BCUT2D eigenvalue weighted by Crippen LogP contribution is 2.46. The first-order chi connectivity index (χ1) is 14.1. The van der Waals surface area contributed by atoms with E-state index in [1.54, 1.807) is 13.0 Å². The highest BCUT2D eigenvalue weighted by molar-refractivity contribution is 5.19. The van der Waals surface area contributed by atoms with Crippen molar-refractivity contribution in [2.24, 2.45) is 5.92 Å². The smallest absolute Gasteiger partial charge is 0.0971 e. The number of rotatable bonds is 8. The molecule has 2 aliphatic heterocycles. The van der Waals surface area contributed by atoms with Gasteiger partial charge in [0.25, 0.3) is 0 Å². The van der Waals surface area contributed by atoms with Gasteiger partial charge in [-0.15, -0.1) is 0 Å². The Hall–Kier alpha value is -1.36. The fourth-order valence-electron chi connectivity index (χ4n) is 4.93. The van der Waals surface area contributed by atoms with E-state index in [-0.39, 0.29) is 17.3 Å². The third-order valence-electron chi connectivity index (χ3n) is 6.50. The Bertz CT molecular complexity index is 670. The van der Waals surface area contributed by atoms with Crippen molar-refractivity contribution in [3.05, 3.63) is 48.2 Å². The molecule has 0 amide bonds. The molecule has 168 valence electrons. The molecule has 4 nitrogen and oxygen atoms in total. The van der Waals surface area contributed by atoms with Crippen molar-refractivity contribution in [2.75, 3.05) is 6.61 Å². The van der Waals surface area contributed by atoms with Gasteiger partial charge in [0.15, 0.2) is 0 Å². The van der Waals surface area contributed by atoms with Crippen LogP contribution in [-0.4, -0.2) is 41.2 Å². The second-order valence-electron chi connectivity index (χ2n) is 10.3. The first-order valence-electron chi connectivity index (χ1n) is 11.6. The van der Waals surface area contributed by atoms with Gasteiger partial charge in [0.1, 0.15) is 0 Å². The summed E-state index contributed by atoms with van der Waals surface area (Å²) in [5, 5.41) is 12.8. The molecule has 3 aliphatic rings. The van der Waals surface area contributed by atoms with Gasteiger partial charge in [-0.3, -0.25) is 0 Å². The molecule has 2 saturated heterocycles. The predicted octanol–water partition coefficient (Wildman–Crippen LogP) is 5.20. The van der Waals surface area contributed by atoms with Crippen LogP contribution in [0.4, 0.5) is 0 Å². The molecule has 0 aromatic carbocycles. The molecule has 0 unspecified atom stereocenters. The van der Waals surface area contributed by atoms with Gasteiger partial charge in [-0.25, -0.2) is 0 Å². The van der Waals surface area contributed by atoms with Crippen LogP contribution in [0.5, 0.6) is 0 Å². The number of hydrogen-bond donors (Lipinski definition) is 2. The van der Waals surface area contributed by atoms with Crippen molar-refractivity contribution in [2.45, 2.75) is 102 Å². The molecule has 2 N–H and O–H groups in total. The molecule has 1 spiro atoms. The van der Waals surface area contributed by atoms with Gasteiger partial charge in [0, 0.05) is 24.6 Å². The van der Waals surface area contributed by atoms with Crippen molar-refractivity contribution in [3.63, 3.8) is 0 Å². The third kappa shape index (κ3) is 7.40. The molecular formula is C26H41NO3. The highest BCUT2D eigenvalue weighted by atomic mass is 16.6. The number of nitrogens with one attached hydrogen (secondary N) is 1. The Balaban J connectivity index is 1.39. The fourth-order valence-corrected chi connectivity index (χ4v) is 4.93. The van der Waals surface area contributed by atoms with E-state index in [1.807, 2.05) is 6.08 Å². The second-order valence-corrected chi connectivity index (χ2v) is 10.3. The summed E-state index contributed by atoms with van der Waals surface area (Å²) in [7, 11) is 0. The van der Waals surface area contributed by atoms with E-state index in [0.717, 1.165) is 37.5 Å². The predicted molar refractivity (Wildman–Crippen MR) is 123 cm³/mol. The van der Waals surface area contributed by atoms with Gasteiger partial charge in [0.05, 0.1) is 30.0 Å². The number of aliphatic hydroxyl groups is 1. The Morgan fingerprint density at radius 2 is 1.93 bits per heavy atom. The zero-order valence-electron chi connectivity index (χ0n) is 19.3. The maximum absolute atomic E-state index is 9.33. The van der Waals surface area contributed by atoms with E-state index in [2.05, 4.69) is 50.9 Å². The normalized spacial score (nSPS) is 35.1. The number of ether oxygens (including phenoxy) is 2. The molecule has 1 aliphatic carbocycles. The average Bonchev–Trinajstić information content (AvgIpc) is 3.40. The first kappa shape index (κ1) is 23.3. The second kappa shape index (κ2) is 9.84. The summed E-state index contributed by atoms with van der Waals surface area (Å²) in [4.78, 5) is 0. The summed E-state index contributed by atoms with van der Waals surface area (Å²) >= 11 is 0. The summed E-state index contributed by atoms with van der Waals surface area (Å²) in [6.07, 6.45) is 18.2. The van der Waals surface area contributed by atoms with Crippen LogP contribution >= 0.6 is 0 Å². The lowest BCUT2D eigenvalue weighted by Gasteiger charge is -2.38. The fraction of sp³-hybridized carbons (Fsp3) is 0.692. The van der Waals surface area contributed by atoms with Crippen LogP contribution in [0.25, 0.3) is 0 Å². The monoisotopic (exact) mass is 415 g/mol. The van der Waals surface area contributed by atoms with E-state index in [9.17, 15) is 5.11 Å². The zero-order valence-corrected chi connectivity index (χ0v) is 19.3. The Labute approximate surface area is 183 Å². The Kier molecular flexibility index (Phi) is 7.65. The van der Waals surface area contributed by atoms with Gasteiger partial charge in [-0.05, 0) is 71.8 Å². The van der Waals surface area contributed by atoms with E-state index in [4.69, 9.17) is 9.47 Å². The topological polar surface area (TPSA) is 54.0 Å². The minimum absolute atomic E-state index is 0.0818. The largest absolute Gasteiger partial charge is 0.389 e. The van der Waals surface area contributed by atoms with Gasteiger partial charge in [0.2, 0.25) is 0 Å². The van der Waals surface area contributed by atoms with Crippen molar-refractivity contribution in [1.29, 1.82) is 0 Å². The first-order valence-corrected chi connectivity index (χ1v) is 11.6. The number of hydrogen-bond acceptors (Lipinski definition) is 4. The molecule has 3 rings (SSSR count). The molecule has 0 aromatic heterocycles. The molecule has 1 saturated carbocycles. The molecule has 4 heteroatoms. The zero-order chi connectivity index (χ0) is 21.8. The van der Waals surface area contributed by atoms with Crippen molar-refractivity contribution < 1.29 is 14.6 Å². The number of epoxide rings is 1. The maximum Gasteiger partial charge on any atom is 0.0971 e. The van der Waals surface area contributed by atoms with Crippen LogP contribution in [0.3, 0.4) is 0 Å². The van der Waals surface area contributed by atoms with Crippen LogP contribution < -0.4 is 5.32 Å². The maximum atomic E-state index is 9.33. The lowest BCUT2D eigenvalue weighted by molar-refractivity contribution is -0.112. The summed E-state index contributed by atoms with van der Waals surface area (Å²) in [6, 6.07) is 0.501. The highest BCUT2D eigenvalue weighted by Gasteiger charge is 2.53. The van der Waals surface area contributed by atoms with Gasteiger partial charge >= 0.3 is 0 Å². The summed E-state index contributed by atoms with van der Waals surface area (Å²) in [6.45, 7) is 13.2. The SMILES string of the molecule is C=C(/C=C\[C@H](C)O)N[C@H]1CC[C@@H](C/C=C(C)/C=C/[C@@H]2C[C@]3(CO3)CC(C)(C)O2)CC1. The van der Waals surface area contributed by atoms with E-state index < -0.39 is 6.10 Å². The molecule has 3 fully saturated rings. The lowest BCUT2D eigenvalue weighted by Crippen LogP contribution is -2.43. The molecular weight excluding hydrogens is 374 g/mol. The average molecular weight is 416 g/mol. The molecule has 0 radical (unpaired) electrons. The minimum atomic E-state index is -0.428. The van der Waals surface area contributed by atoms with Crippen molar-refractivity contribution in [1.82, 2.24) is 5.32 Å². The van der Waals surface area contributed by atoms with Crippen molar-refractivity contribution in [3.8, 4) is 0 Å². The van der Waals surface area contributed by atoms with E-state index >= 15 is 0 Å². The molecule has 2 heterocycles. The molecule has 3 atom stereocenters. The van der Waals surface area contributed by atoms with Crippen LogP contribution in [0, 0.1) is 5.92 Å². The molecule has 0 aromatic rings. The third-order valence-corrected chi connectivity index (χ3v) is 6.50. The molecule has 0 bridgehead atoms. The van der Waals surface area contributed by atoms with Crippen molar-refractivity contribution >= 4 is 0 Å². The van der Waals surface area contributed by atoms with E-state index in [1.165, 1.54) is 31.3 Å². The summed E-state index contributed by atoms with van der Waals surface area (Å²) < 4.78 is 12.0. The van der Waals surface area contributed by atoms with Crippen LogP contribution in [0.15, 0.2) is 48.2 Å². The standard InChI is InChI=1S/C26H41NO3/c1-19(7-15-24-16-26(18-29-26)17-25(4,5)30-24)6-10-22-11-13-23(14-12-22)27-20(2)8-9-21(3)28/h6-9,15,21-24,27-28H,2,10-14,16-18H2,1,3-5H3/b9-8-,15-7+,19-6+/t21-,22-,23+,24+,26+/m0/s1. The Morgan fingerprint density at radius 1 is 1.23 bits per heavy atom. The summed E-state index contributed by atoms with van der Waals surface area (Å²) in [5.41, 5.74) is 2.20. The number of aliphatic hydroxyl groups excluding tert-OH is 1. The lowest BCUT2D eigenvalue weighted by atomic mass is 9.83. The molecule has 30 heavy (non-hydrogen) atoms. The Morgan fingerprint density at radius 3 is 2.57 bits per heavy atom. The minimum Gasteiger partial charge on any atom is -0.389 e. The number of allylic oxidation sites excluding steroid dienone is 4. The van der Waals surface area contributed by atoms with Gasteiger partial charge in [-0.1, -0.05) is 36.5 Å². The van der Waals surface area contributed by atoms with Crippen LogP contribution in [-0.2, 0) is 9.47 Å². The van der Waals surface area contributed by atoms with E-state index in [0.29, 0.717) is 6.04 Å². The van der Waals surface area contributed by atoms with Gasteiger partial charge in [-0.2, -0.15) is 0 Å². The van der Waals surface area contributed by atoms with Gasteiger partial charge < -0.3 is 19.9 Å². The summed E-state index contributed by atoms with van der Waals surface area (Å²) in [5.74, 6) is 0.765. The van der Waals surface area contributed by atoms with Crippen LogP contribution in [0.2, 0.25) is 0 Å². The quantitative estimate of drug-likeness (QED) is 0.422.